The Bertz CT molecular complexity index is 379. The molecule has 2 fully saturated rings. The normalized spacial score (nSPS) is 33.6. The first-order valence-electron chi connectivity index (χ1n) is 7.06. The molecule has 0 bridgehead atoms. The first-order valence-corrected chi connectivity index (χ1v) is 7.06. The third kappa shape index (κ3) is 2.74. The molecule has 108 valence electrons. The molecule has 1 unspecified atom stereocenters. The summed E-state index contributed by atoms with van der Waals surface area (Å²) in [6.07, 6.45) is 0.758. The van der Waals surface area contributed by atoms with Gasteiger partial charge in [-0.2, -0.15) is 0 Å². The molecule has 0 radical (unpaired) electrons. The summed E-state index contributed by atoms with van der Waals surface area (Å²) in [5.74, 6) is 0.220. The van der Waals surface area contributed by atoms with Crippen LogP contribution >= 0.6 is 0 Å². The number of rotatable bonds is 1. The van der Waals surface area contributed by atoms with Gasteiger partial charge >= 0.3 is 7.12 Å². The average molecular weight is 269 g/mol. The SMILES string of the molecule is CC1CN(C)CCC1=C(F)B1OC(C)(C)C(C)(C)O1. The van der Waals surface area contributed by atoms with E-state index in [1.165, 1.54) is 0 Å². The van der Waals surface area contributed by atoms with Crippen LogP contribution in [0.4, 0.5) is 4.39 Å². The number of halogens is 1. The molecule has 1 atom stereocenters. The van der Waals surface area contributed by atoms with E-state index in [9.17, 15) is 4.39 Å². The Morgan fingerprint density at radius 2 is 1.79 bits per heavy atom. The van der Waals surface area contributed by atoms with Crippen LogP contribution in [0, 0.1) is 5.92 Å². The monoisotopic (exact) mass is 269 g/mol. The Morgan fingerprint density at radius 3 is 2.26 bits per heavy atom. The quantitative estimate of drug-likeness (QED) is 0.683. The van der Waals surface area contributed by atoms with Gasteiger partial charge in [0.15, 0.2) is 0 Å². The Morgan fingerprint density at radius 1 is 1.26 bits per heavy atom. The molecule has 0 aromatic carbocycles. The van der Waals surface area contributed by atoms with E-state index in [4.69, 9.17) is 9.31 Å². The Hall–Kier alpha value is -0.385. The third-order valence-electron chi connectivity index (χ3n) is 4.71. The first-order chi connectivity index (χ1) is 8.64. The van der Waals surface area contributed by atoms with Gasteiger partial charge in [-0.05, 0) is 52.7 Å². The van der Waals surface area contributed by atoms with Crippen molar-refractivity contribution in [2.24, 2.45) is 5.92 Å². The summed E-state index contributed by atoms with van der Waals surface area (Å²) in [5.41, 5.74) is -0.315. The molecule has 5 heteroatoms. The summed E-state index contributed by atoms with van der Waals surface area (Å²) in [4.78, 5) is 2.23. The van der Waals surface area contributed by atoms with Gasteiger partial charge in [-0.25, -0.2) is 4.39 Å². The fraction of sp³-hybridized carbons (Fsp3) is 0.857. The molecule has 3 nitrogen and oxygen atoms in total. The molecule has 19 heavy (non-hydrogen) atoms. The highest BCUT2D eigenvalue weighted by atomic mass is 19.1. The van der Waals surface area contributed by atoms with Gasteiger partial charge in [0.05, 0.1) is 11.2 Å². The van der Waals surface area contributed by atoms with Crippen LogP contribution in [0.3, 0.4) is 0 Å². The summed E-state index contributed by atoms with van der Waals surface area (Å²) in [5, 5.41) is 0. The van der Waals surface area contributed by atoms with Crippen LogP contribution < -0.4 is 0 Å². The number of likely N-dealkylation sites (tertiary alicyclic amines) is 1. The molecule has 2 aliphatic rings. The lowest BCUT2D eigenvalue weighted by Crippen LogP contribution is -2.41. The molecular formula is C14H25BFNO2. The van der Waals surface area contributed by atoms with Gasteiger partial charge in [0.2, 0.25) is 0 Å². The van der Waals surface area contributed by atoms with E-state index in [2.05, 4.69) is 18.9 Å². The summed E-state index contributed by atoms with van der Waals surface area (Å²) in [6, 6.07) is 0. The minimum atomic E-state index is -0.842. The van der Waals surface area contributed by atoms with Gasteiger partial charge in [0.1, 0.15) is 5.73 Å². The summed E-state index contributed by atoms with van der Waals surface area (Å²) in [6.45, 7) is 11.6. The lowest BCUT2D eigenvalue weighted by Gasteiger charge is -2.32. The van der Waals surface area contributed by atoms with Crippen LogP contribution in [0.2, 0.25) is 0 Å². The van der Waals surface area contributed by atoms with E-state index >= 15 is 0 Å². The largest absolute Gasteiger partial charge is 0.525 e. The molecule has 2 heterocycles. The molecule has 2 aliphatic heterocycles. The van der Waals surface area contributed by atoms with E-state index in [-0.39, 0.29) is 11.6 Å². The maximum Gasteiger partial charge on any atom is 0.525 e. The predicted molar refractivity (Wildman–Crippen MR) is 75.5 cm³/mol. The highest BCUT2D eigenvalue weighted by Gasteiger charge is 2.53. The third-order valence-corrected chi connectivity index (χ3v) is 4.71. The number of hydrogen-bond donors (Lipinski definition) is 0. The van der Waals surface area contributed by atoms with Gasteiger partial charge in [-0.15, -0.1) is 0 Å². The minimum absolute atomic E-state index is 0.209. The maximum atomic E-state index is 14.7. The zero-order chi connectivity index (χ0) is 14.4. The van der Waals surface area contributed by atoms with Crippen molar-refractivity contribution >= 4 is 7.12 Å². The van der Waals surface area contributed by atoms with Crippen LogP contribution in [0.5, 0.6) is 0 Å². The summed E-state index contributed by atoms with van der Waals surface area (Å²) >= 11 is 0. The molecule has 0 aromatic rings. The molecule has 2 rings (SSSR count). The molecule has 0 aromatic heterocycles. The zero-order valence-corrected chi connectivity index (χ0v) is 12.9. The van der Waals surface area contributed by atoms with E-state index in [1.807, 2.05) is 27.7 Å². The molecule has 0 amide bonds. The van der Waals surface area contributed by atoms with Crippen molar-refractivity contribution in [1.29, 1.82) is 0 Å². The van der Waals surface area contributed by atoms with Gasteiger partial charge in [0.25, 0.3) is 0 Å². The van der Waals surface area contributed by atoms with E-state index in [1.54, 1.807) is 0 Å². The Kier molecular flexibility index (Phi) is 3.84. The molecule has 0 spiro atoms. The maximum absolute atomic E-state index is 14.7. The molecular weight excluding hydrogens is 244 g/mol. The van der Waals surface area contributed by atoms with Gasteiger partial charge < -0.3 is 14.2 Å². The Labute approximate surface area is 116 Å². The van der Waals surface area contributed by atoms with Crippen molar-refractivity contribution in [2.75, 3.05) is 20.1 Å². The molecule has 0 saturated carbocycles. The van der Waals surface area contributed by atoms with E-state index < -0.39 is 18.3 Å². The molecule has 2 saturated heterocycles. The highest BCUT2D eigenvalue weighted by Crippen LogP contribution is 2.40. The first kappa shape index (κ1) is 15.0. The van der Waals surface area contributed by atoms with Crippen molar-refractivity contribution in [3.63, 3.8) is 0 Å². The van der Waals surface area contributed by atoms with Crippen molar-refractivity contribution < 1.29 is 13.7 Å². The van der Waals surface area contributed by atoms with Gasteiger partial charge in [-0.3, -0.25) is 0 Å². The van der Waals surface area contributed by atoms with Crippen LogP contribution in [-0.2, 0) is 9.31 Å². The fourth-order valence-corrected chi connectivity index (χ4v) is 2.68. The summed E-state index contributed by atoms with van der Waals surface area (Å²) in [7, 11) is 1.23. The molecule has 0 N–H and O–H groups in total. The Balaban J connectivity index is 2.19. The second kappa shape index (κ2) is 4.87. The van der Waals surface area contributed by atoms with Crippen LogP contribution in [0.15, 0.2) is 11.3 Å². The van der Waals surface area contributed by atoms with Crippen molar-refractivity contribution in [3.8, 4) is 0 Å². The summed E-state index contributed by atoms with van der Waals surface area (Å²) < 4.78 is 26.2. The number of hydrogen-bond acceptors (Lipinski definition) is 3. The van der Waals surface area contributed by atoms with Crippen LogP contribution in [0.1, 0.15) is 41.0 Å². The fourth-order valence-electron chi connectivity index (χ4n) is 2.68. The smallest absolute Gasteiger partial charge is 0.398 e. The second-order valence-electron chi connectivity index (χ2n) is 6.87. The standard InChI is InChI=1S/C14H25BFNO2/c1-10-9-17(6)8-7-11(10)12(16)15-18-13(2,3)14(4,5)19-15/h10H,7-9H2,1-6H3. The second-order valence-corrected chi connectivity index (χ2v) is 6.87. The molecule has 0 aliphatic carbocycles. The zero-order valence-electron chi connectivity index (χ0n) is 12.9. The topological polar surface area (TPSA) is 21.7 Å². The number of piperidine rings is 1. The average Bonchev–Trinajstić information content (AvgIpc) is 2.47. The lowest BCUT2D eigenvalue weighted by molar-refractivity contribution is 0.00578. The van der Waals surface area contributed by atoms with Crippen molar-refractivity contribution in [3.05, 3.63) is 11.3 Å². The predicted octanol–water partition coefficient (Wildman–Crippen LogP) is 2.81. The number of nitrogens with zero attached hydrogens (tertiary/aromatic N) is 1. The highest BCUT2D eigenvalue weighted by molar-refractivity contribution is 6.53. The minimum Gasteiger partial charge on any atom is -0.398 e. The van der Waals surface area contributed by atoms with E-state index in [0.717, 1.165) is 25.1 Å². The lowest BCUT2D eigenvalue weighted by atomic mass is 9.79. The van der Waals surface area contributed by atoms with Gasteiger partial charge in [-0.1, -0.05) is 6.92 Å². The van der Waals surface area contributed by atoms with Gasteiger partial charge in [0, 0.05) is 13.1 Å². The van der Waals surface area contributed by atoms with Crippen LogP contribution in [-0.4, -0.2) is 43.4 Å². The van der Waals surface area contributed by atoms with Crippen molar-refractivity contribution in [2.45, 2.75) is 52.2 Å². The van der Waals surface area contributed by atoms with E-state index in [0.29, 0.717) is 0 Å². The van der Waals surface area contributed by atoms with Crippen molar-refractivity contribution in [1.82, 2.24) is 4.90 Å². The van der Waals surface area contributed by atoms with Crippen LogP contribution in [0.25, 0.3) is 0 Å².